The molecule has 1 aliphatic carbocycles. The fourth-order valence-corrected chi connectivity index (χ4v) is 2.54. The second-order valence-electron chi connectivity index (χ2n) is 5.25. The lowest BCUT2D eigenvalue weighted by Gasteiger charge is -2.06. The first-order valence-electron chi connectivity index (χ1n) is 6.85. The Labute approximate surface area is 119 Å². The summed E-state index contributed by atoms with van der Waals surface area (Å²) in [6.45, 7) is 1.75. The molecule has 0 atom stereocenters. The number of hydrogen-bond donors (Lipinski definition) is 1. The van der Waals surface area contributed by atoms with Crippen LogP contribution in [0.15, 0.2) is 48.5 Å². The number of benzene rings is 2. The van der Waals surface area contributed by atoms with E-state index in [2.05, 4.69) is 35.6 Å². The van der Waals surface area contributed by atoms with E-state index in [4.69, 9.17) is 11.6 Å². The van der Waals surface area contributed by atoms with Crippen molar-refractivity contribution in [2.24, 2.45) is 0 Å². The van der Waals surface area contributed by atoms with E-state index in [1.165, 1.54) is 29.5 Å². The Morgan fingerprint density at radius 2 is 1.68 bits per heavy atom. The van der Waals surface area contributed by atoms with Gasteiger partial charge in [0.2, 0.25) is 0 Å². The molecule has 98 valence electrons. The average molecular weight is 272 g/mol. The molecule has 0 heterocycles. The normalized spacial score (nSPS) is 14.6. The summed E-state index contributed by atoms with van der Waals surface area (Å²) in [5, 5.41) is 4.25. The lowest BCUT2D eigenvalue weighted by molar-refractivity contribution is 0.693. The molecule has 0 spiro atoms. The minimum absolute atomic E-state index is 0.799. The van der Waals surface area contributed by atoms with Gasteiger partial charge in [-0.15, -0.1) is 0 Å². The third-order valence-corrected chi connectivity index (χ3v) is 3.81. The quantitative estimate of drug-likeness (QED) is 0.844. The molecule has 0 unspecified atom stereocenters. The van der Waals surface area contributed by atoms with Crippen LogP contribution in [0, 0.1) is 0 Å². The second-order valence-corrected chi connectivity index (χ2v) is 5.69. The van der Waals surface area contributed by atoms with E-state index in [0.717, 1.165) is 24.0 Å². The van der Waals surface area contributed by atoms with E-state index >= 15 is 0 Å². The molecule has 1 aliphatic rings. The van der Waals surface area contributed by atoms with Gasteiger partial charge in [-0.25, -0.2) is 0 Å². The molecule has 0 aromatic heterocycles. The van der Waals surface area contributed by atoms with Gasteiger partial charge in [0.05, 0.1) is 0 Å². The van der Waals surface area contributed by atoms with Crippen LogP contribution in [0.25, 0.3) is 0 Å². The Morgan fingerprint density at radius 3 is 2.37 bits per heavy atom. The molecule has 2 heteroatoms. The van der Waals surface area contributed by atoms with Crippen molar-refractivity contribution >= 4 is 11.6 Å². The molecular formula is C17H18ClN. The van der Waals surface area contributed by atoms with Crippen LogP contribution in [0.2, 0.25) is 5.02 Å². The van der Waals surface area contributed by atoms with Crippen LogP contribution in [0.1, 0.15) is 35.4 Å². The van der Waals surface area contributed by atoms with E-state index < -0.39 is 0 Å². The molecule has 0 saturated heterocycles. The van der Waals surface area contributed by atoms with Crippen LogP contribution >= 0.6 is 11.6 Å². The average Bonchev–Trinajstić information content (AvgIpc) is 3.24. The van der Waals surface area contributed by atoms with Gasteiger partial charge in [-0.1, -0.05) is 48.0 Å². The summed E-state index contributed by atoms with van der Waals surface area (Å²) in [7, 11) is 0. The fraction of sp³-hybridized carbons (Fsp3) is 0.294. The van der Waals surface area contributed by atoms with E-state index in [9.17, 15) is 0 Å². The summed E-state index contributed by atoms with van der Waals surface area (Å²) in [4.78, 5) is 0. The molecule has 2 aromatic carbocycles. The highest BCUT2D eigenvalue weighted by atomic mass is 35.5. The van der Waals surface area contributed by atoms with Crippen LogP contribution < -0.4 is 5.32 Å². The highest BCUT2D eigenvalue weighted by molar-refractivity contribution is 6.30. The first-order valence-corrected chi connectivity index (χ1v) is 7.23. The summed E-state index contributed by atoms with van der Waals surface area (Å²) in [6, 6.07) is 17.0. The lowest BCUT2D eigenvalue weighted by atomic mass is 10.1. The fourth-order valence-electron chi connectivity index (χ4n) is 2.32. The van der Waals surface area contributed by atoms with E-state index in [-0.39, 0.29) is 0 Å². The molecule has 0 radical (unpaired) electrons. The Kier molecular flexibility index (Phi) is 3.86. The van der Waals surface area contributed by atoms with Crippen molar-refractivity contribution in [3.8, 4) is 0 Å². The van der Waals surface area contributed by atoms with Crippen LogP contribution in [0.5, 0.6) is 0 Å². The predicted octanol–water partition coefficient (Wildman–Crippen LogP) is 4.51. The first-order chi connectivity index (χ1) is 9.31. The van der Waals surface area contributed by atoms with Crippen molar-refractivity contribution in [1.29, 1.82) is 0 Å². The molecule has 1 saturated carbocycles. The minimum atomic E-state index is 0.799. The molecule has 1 N–H and O–H groups in total. The zero-order valence-electron chi connectivity index (χ0n) is 10.9. The molecule has 0 amide bonds. The first kappa shape index (κ1) is 12.7. The summed E-state index contributed by atoms with van der Waals surface area (Å²) in [5.41, 5.74) is 4.06. The zero-order chi connectivity index (χ0) is 13.1. The number of hydrogen-bond acceptors (Lipinski definition) is 1. The topological polar surface area (TPSA) is 12.0 Å². The maximum absolute atomic E-state index is 5.97. The smallest absolute Gasteiger partial charge is 0.0409 e. The van der Waals surface area contributed by atoms with Gasteiger partial charge in [0, 0.05) is 18.1 Å². The van der Waals surface area contributed by atoms with Crippen molar-refractivity contribution < 1.29 is 0 Å². The Bertz CT molecular complexity index is 543. The van der Waals surface area contributed by atoms with Crippen molar-refractivity contribution in [3.63, 3.8) is 0 Å². The maximum Gasteiger partial charge on any atom is 0.0409 e. The van der Waals surface area contributed by atoms with Crippen molar-refractivity contribution in [2.75, 3.05) is 0 Å². The van der Waals surface area contributed by atoms with Crippen LogP contribution in [-0.4, -0.2) is 0 Å². The number of rotatable bonds is 5. The van der Waals surface area contributed by atoms with Crippen molar-refractivity contribution in [3.05, 3.63) is 70.2 Å². The van der Waals surface area contributed by atoms with E-state index in [0.29, 0.717) is 0 Å². The highest BCUT2D eigenvalue weighted by Gasteiger charge is 2.22. The van der Waals surface area contributed by atoms with Crippen LogP contribution in [-0.2, 0) is 13.1 Å². The Hall–Kier alpha value is -1.31. The predicted molar refractivity (Wildman–Crippen MR) is 80.4 cm³/mol. The van der Waals surface area contributed by atoms with Gasteiger partial charge in [0.1, 0.15) is 0 Å². The zero-order valence-corrected chi connectivity index (χ0v) is 11.7. The molecule has 0 aliphatic heterocycles. The largest absolute Gasteiger partial charge is 0.309 e. The van der Waals surface area contributed by atoms with E-state index in [1.54, 1.807) is 0 Å². The monoisotopic (exact) mass is 271 g/mol. The minimum Gasteiger partial charge on any atom is -0.309 e. The number of halogens is 1. The van der Waals surface area contributed by atoms with Gasteiger partial charge >= 0.3 is 0 Å². The van der Waals surface area contributed by atoms with Gasteiger partial charge < -0.3 is 5.32 Å². The molecular weight excluding hydrogens is 254 g/mol. The lowest BCUT2D eigenvalue weighted by Crippen LogP contribution is -2.12. The highest BCUT2D eigenvalue weighted by Crippen LogP contribution is 2.39. The third kappa shape index (κ3) is 3.59. The molecule has 2 aromatic rings. The maximum atomic E-state index is 5.97. The summed E-state index contributed by atoms with van der Waals surface area (Å²) in [6.07, 6.45) is 2.73. The van der Waals surface area contributed by atoms with Crippen LogP contribution in [0.4, 0.5) is 0 Å². The van der Waals surface area contributed by atoms with Gasteiger partial charge in [-0.3, -0.25) is 0 Å². The van der Waals surface area contributed by atoms with Gasteiger partial charge in [-0.05, 0) is 47.6 Å². The van der Waals surface area contributed by atoms with Crippen LogP contribution in [0.3, 0.4) is 0 Å². The third-order valence-electron chi connectivity index (χ3n) is 3.58. The standard InChI is InChI=1S/C17H18ClN/c18-17-3-1-2-14(10-17)12-19-11-13-4-6-15(7-5-13)16-8-9-16/h1-7,10,16,19H,8-9,11-12H2. The Morgan fingerprint density at radius 1 is 0.947 bits per heavy atom. The van der Waals surface area contributed by atoms with Gasteiger partial charge in [-0.2, -0.15) is 0 Å². The van der Waals surface area contributed by atoms with Gasteiger partial charge in [0.15, 0.2) is 0 Å². The second kappa shape index (κ2) is 5.77. The molecule has 0 bridgehead atoms. The molecule has 1 nitrogen and oxygen atoms in total. The number of nitrogens with one attached hydrogen (secondary N) is 1. The molecule has 1 fully saturated rings. The summed E-state index contributed by atoms with van der Waals surface area (Å²) >= 11 is 5.97. The van der Waals surface area contributed by atoms with Gasteiger partial charge in [0.25, 0.3) is 0 Å². The SMILES string of the molecule is Clc1cccc(CNCc2ccc(C3CC3)cc2)c1. The summed E-state index contributed by atoms with van der Waals surface area (Å²) in [5.74, 6) is 0.841. The van der Waals surface area contributed by atoms with Crippen molar-refractivity contribution in [2.45, 2.75) is 31.8 Å². The summed E-state index contributed by atoms with van der Waals surface area (Å²) < 4.78 is 0. The molecule has 3 rings (SSSR count). The Balaban J connectivity index is 1.51. The molecule has 19 heavy (non-hydrogen) atoms. The van der Waals surface area contributed by atoms with E-state index in [1.807, 2.05) is 18.2 Å². The van der Waals surface area contributed by atoms with Crippen molar-refractivity contribution in [1.82, 2.24) is 5.32 Å².